The Morgan fingerprint density at radius 2 is 2.00 bits per heavy atom. The molecule has 0 bridgehead atoms. The van der Waals surface area contributed by atoms with Gasteiger partial charge in [0.2, 0.25) is 10.9 Å². The molecule has 8 heteroatoms. The standard InChI is InChI=1S/C13H13NO6S/c1-2-14(9-4-3-5-10(15)8-9)21(18,19)12-7-6-11(20-12)13(16)17/h3-8,15H,2H2,1H3,(H,16,17). The Morgan fingerprint density at radius 3 is 2.52 bits per heavy atom. The lowest BCUT2D eigenvalue weighted by atomic mass is 10.3. The lowest BCUT2D eigenvalue weighted by Crippen LogP contribution is -2.30. The molecule has 2 aromatic rings. The summed E-state index contributed by atoms with van der Waals surface area (Å²) in [6.45, 7) is 1.71. The fourth-order valence-electron chi connectivity index (χ4n) is 1.82. The molecular formula is C13H13NO6S. The van der Waals surface area contributed by atoms with E-state index in [1.165, 1.54) is 24.3 Å². The van der Waals surface area contributed by atoms with Gasteiger partial charge in [0.1, 0.15) is 5.75 Å². The lowest BCUT2D eigenvalue weighted by molar-refractivity contribution is 0.0656. The van der Waals surface area contributed by atoms with Crippen LogP contribution in [0, 0.1) is 0 Å². The number of phenols is 1. The minimum atomic E-state index is -4.04. The Kier molecular flexibility index (Phi) is 3.90. The minimum Gasteiger partial charge on any atom is -0.508 e. The predicted molar refractivity (Wildman–Crippen MR) is 74.0 cm³/mol. The van der Waals surface area contributed by atoms with Gasteiger partial charge in [0, 0.05) is 12.6 Å². The summed E-state index contributed by atoms with van der Waals surface area (Å²) in [7, 11) is -4.04. The Hall–Kier alpha value is -2.48. The maximum Gasteiger partial charge on any atom is 0.371 e. The van der Waals surface area contributed by atoms with E-state index < -0.39 is 26.8 Å². The summed E-state index contributed by atoms with van der Waals surface area (Å²) in [5, 5.41) is 17.8. The van der Waals surface area contributed by atoms with E-state index in [9.17, 15) is 18.3 Å². The van der Waals surface area contributed by atoms with Crippen LogP contribution in [0.2, 0.25) is 0 Å². The molecule has 1 aromatic carbocycles. The van der Waals surface area contributed by atoms with Crippen LogP contribution in [-0.4, -0.2) is 31.1 Å². The molecule has 2 N–H and O–H groups in total. The number of nitrogens with zero attached hydrogens (tertiary/aromatic N) is 1. The first-order chi connectivity index (χ1) is 9.86. The van der Waals surface area contributed by atoms with Gasteiger partial charge in [-0.15, -0.1) is 0 Å². The molecule has 0 saturated heterocycles. The van der Waals surface area contributed by atoms with Crippen LogP contribution < -0.4 is 4.31 Å². The van der Waals surface area contributed by atoms with Crippen LogP contribution >= 0.6 is 0 Å². The number of hydrogen-bond donors (Lipinski definition) is 2. The maximum atomic E-state index is 12.5. The van der Waals surface area contributed by atoms with Gasteiger partial charge in [-0.2, -0.15) is 8.42 Å². The van der Waals surface area contributed by atoms with E-state index in [0.29, 0.717) is 0 Å². The van der Waals surface area contributed by atoms with E-state index in [-0.39, 0.29) is 18.0 Å². The number of phenolic OH excluding ortho intramolecular Hbond substituents is 1. The van der Waals surface area contributed by atoms with Gasteiger partial charge >= 0.3 is 5.97 Å². The van der Waals surface area contributed by atoms with Crippen molar-refractivity contribution in [2.24, 2.45) is 0 Å². The van der Waals surface area contributed by atoms with E-state index in [2.05, 4.69) is 0 Å². The van der Waals surface area contributed by atoms with E-state index in [1.54, 1.807) is 6.92 Å². The van der Waals surface area contributed by atoms with Crippen molar-refractivity contribution in [1.29, 1.82) is 0 Å². The van der Waals surface area contributed by atoms with Crippen molar-refractivity contribution in [2.75, 3.05) is 10.8 Å². The summed E-state index contributed by atoms with van der Waals surface area (Å²) in [6.07, 6.45) is 0. The van der Waals surface area contributed by atoms with Gasteiger partial charge in [-0.05, 0) is 31.2 Å². The second-order valence-corrected chi connectivity index (χ2v) is 5.91. The molecule has 21 heavy (non-hydrogen) atoms. The van der Waals surface area contributed by atoms with Crippen molar-refractivity contribution in [3.05, 3.63) is 42.2 Å². The second kappa shape index (κ2) is 5.49. The van der Waals surface area contributed by atoms with Crippen LogP contribution in [0.3, 0.4) is 0 Å². The largest absolute Gasteiger partial charge is 0.508 e. The molecule has 0 aliphatic heterocycles. The monoisotopic (exact) mass is 311 g/mol. The molecule has 0 amide bonds. The molecule has 1 aromatic heterocycles. The third-order valence-electron chi connectivity index (χ3n) is 2.74. The minimum absolute atomic E-state index is 0.0770. The number of carboxylic acids is 1. The van der Waals surface area contributed by atoms with E-state index in [0.717, 1.165) is 16.4 Å². The molecule has 2 rings (SSSR count). The molecule has 0 atom stereocenters. The fraction of sp³-hybridized carbons (Fsp3) is 0.154. The lowest BCUT2D eigenvalue weighted by Gasteiger charge is -2.21. The third-order valence-corrected chi connectivity index (χ3v) is 4.52. The number of benzene rings is 1. The highest BCUT2D eigenvalue weighted by molar-refractivity contribution is 7.92. The SMILES string of the molecule is CCN(c1cccc(O)c1)S(=O)(=O)c1ccc(C(=O)O)o1. The number of aromatic carboxylic acids is 1. The highest BCUT2D eigenvalue weighted by Gasteiger charge is 2.28. The molecule has 0 aliphatic rings. The van der Waals surface area contributed by atoms with Crippen LogP contribution in [-0.2, 0) is 10.0 Å². The summed E-state index contributed by atoms with van der Waals surface area (Å²) < 4.78 is 30.8. The first-order valence-electron chi connectivity index (χ1n) is 6.01. The van der Waals surface area contributed by atoms with Gasteiger partial charge in [0.25, 0.3) is 10.0 Å². The number of carboxylic acid groups (broad SMARTS) is 1. The van der Waals surface area contributed by atoms with Gasteiger partial charge in [0.15, 0.2) is 0 Å². The summed E-state index contributed by atoms with van der Waals surface area (Å²) >= 11 is 0. The molecule has 0 spiro atoms. The predicted octanol–water partition coefficient (Wildman–Crippen LogP) is 1.90. The topological polar surface area (TPSA) is 108 Å². The number of hydrogen-bond acceptors (Lipinski definition) is 5. The zero-order valence-electron chi connectivity index (χ0n) is 11.1. The molecule has 7 nitrogen and oxygen atoms in total. The van der Waals surface area contributed by atoms with Crippen molar-refractivity contribution in [3.63, 3.8) is 0 Å². The first kappa shape index (κ1) is 14.9. The molecule has 0 fully saturated rings. The van der Waals surface area contributed by atoms with Gasteiger partial charge in [-0.1, -0.05) is 6.07 Å². The van der Waals surface area contributed by atoms with Gasteiger partial charge in [-0.25, -0.2) is 4.79 Å². The Morgan fingerprint density at radius 1 is 1.29 bits per heavy atom. The molecule has 0 saturated carbocycles. The summed E-state index contributed by atoms with van der Waals surface area (Å²) in [5.74, 6) is -1.88. The van der Waals surface area contributed by atoms with Crippen molar-refractivity contribution in [2.45, 2.75) is 12.0 Å². The molecule has 1 heterocycles. The normalized spacial score (nSPS) is 11.3. The summed E-state index contributed by atoms with van der Waals surface area (Å²) in [6, 6.07) is 7.90. The van der Waals surface area contributed by atoms with Crippen LogP contribution in [0.1, 0.15) is 17.5 Å². The molecule has 0 unspecified atom stereocenters. The van der Waals surface area contributed by atoms with Gasteiger partial charge in [0.05, 0.1) is 5.69 Å². The number of sulfonamides is 1. The Bertz CT molecular complexity index is 764. The van der Waals surface area contributed by atoms with Gasteiger partial charge in [-0.3, -0.25) is 4.31 Å². The third kappa shape index (κ3) is 2.84. The van der Waals surface area contributed by atoms with Crippen LogP contribution in [0.15, 0.2) is 45.9 Å². The number of furan rings is 1. The molecular weight excluding hydrogens is 298 g/mol. The fourth-order valence-corrected chi connectivity index (χ4v) is 3.21. The quantitative estimate of drug-likeness (QED) is 0.873. The Labute approximate surface area is 121 Å². The van der Waals surface area contributed by atoms with Crippen molar-refractivity contribution < 1.29 is 27.8 Å². The maximum absolute atomic E-state index is 12.5. The highest BCUT2D eigenvalue weighted by Crippen LogP contribution is 2.27. The first-order valence-corrected chi connectivity index (χ1v) is 7.45. The Balaban J connectivity index is 2.46. The summed E-state index contributed by atoms with van der Waals surface area (Å²) in [4.78, 5) is 10.8. The highest BCUT2D eigenvalue weighted by atomic mass is 32.2. The van der Waals surface area contributed by atoms with Crippen LogP contribution in [0.5, 0.6) is 5.75 Å². The second-order valence-electron chi connectivity index (χ2n) is 4.11. The average molecular weight is 311 g/mol. The van der Waals surface area contributed by atoms with Crippen LogP contribution in [0.4, 0.5) is 5.69 Å². The number of carbonyl (C=O) groups is 1. The van der Waals surface area contributed by atoms with Gasteiger partial charge < -0.3 is 14.6 Å². The number of aromatic hydroxyl groups is 1. The van der Waals surface area contributed by atoms with Crippen molar-refractivity contribution in [1.82, 2.24) is 0 Å². The molecule has 0 aliphatic carbocycles. The zero-order valence-corrected chi connectivity index (χ0v) is 11.9. The van der Waals surface area contributed by atoms with Crippen LogP contribution in [0.25, 0.3) is 0 Å². The number of rotatable bonds is 5. The average Bonchev–Trinajstić information content (AvgIpc) is 2.89. The molecule has 112 valence electrons. The van der Waals surface area contributed by atoms with Crippen molar-refractivity contribution >= 4 is 21.7 Å². The van der Waals surface area contributed by atoms with E-state index in [4.69, 9.17) is 9.52 Å². The smallest absolute Gasteiger partial charge is 0.371 e. The van der Waals surface area contributed by atoms with E-state index >= 15 is 0 Å². The van der Waals surface area contributed by atoms with E-state index in [1.807, 2.05) is 0 Å². The molecule has 0 radical (unpaired) electrons. The number of anilines is 1. The zero-order chi connectivity index (χ0) is 15.6. The van der Waals surface area contributed by atoms with Crippen molar-refractivity contribution in [3.8, 4) is 5.75 Å². The summed E-state index contributed by atoms with van der Waals surface area (Å²) in [5.41, 5.74) is 0.255.